The zero-order valence-corrected chi connectivity index (χ0v) is 16.6. The van der Waals surface area contributed by atoms with Crippen LogP contribution in [0.5, 0.6) is 5.75 Å². The summed E-state index contributed by atoms with van der Waals surface area (Å²) in [6.07, 6.45) is 1.96. The van der Waals surface area contributed by atoms with Crippen LogP contribution in [0.3, 0.4) is 0 Å². The lowest BCUT2D eigenvalue weighted by Crippen LogP contribution is -2.32. The van der Waals surface area contributed by atoms with E-state index in [1.54, 1.807) is 23.7 Å². The third-order valence-corrected chi connectivity index (χ3v) is 4.84. The monoisotopic (exact) mass is 431 g/mol. The standard InChI is InChI=1S/C15H18BrN3O3S2/c1-19(7-8-21-12-5-3-11(16)4-6-12)14(20)10-24-15-18-17-13(22-15)9-23-2/h3-6H,7-10H2,1-2H3. The molecule has 0 N–H and O–H groups in total. The molecule has 1 aromatic carbocycles. The van der Waals surface area contributed by atoms with Crippen LogP contribution in [0, 0.1) is 0 Å². The SMILES string of the molecule is CSCc1nnc(SCC(=O)N(C)CCOc2ccc(Br)cc2)o1. The molecule has 0 atom stereocenters. The first-order chi connectivity index (χ1) is 11.6. The Morgan fingerprint density at radius 2 is 2.08 bits per heavy atom. The fraction of sp³-hybridized carbons (Fsp3) is 0.400. The molecule has 0 bridgehead atoms. The number of benzene rings is 1. The molecule has 0 aliphatic heterocycles. The highest BCUT2D eigenvalue weighted by Gasteiger charge is 2.13. The van der Waals surface area contributed by atoms with Crippen molar-refractivity contribution in [1.29, 1.82) is 0 Å². The van der Waals surface area contributed by atoms with Crippen molar-refractivity contribution in [3.8, 4) is 5.75 Å². The topological polar surface area (TPSA) is 68.5 Å². The van der Waals surface area contributed by atoms with Crippen LogP contribution in [0.25, 0.3) is 0 Å². The van der Waals surface area contributed by atoms with Crippen molar-refractivity contribution in [2.45, 2.75) is 11.0 Å². The van der Waals surface area contributed by atoms with Gasteiger partial charge in [0.2, 0.25) is 11.8 Å². The van der Waals surface area contributed by atoms with Gasteiger partial charge in [0.05, 0.1) is 18.1 Å². The lowest BCUT2D eigenvalue weighted by atomic mass is 10.3. The molecule has 130 valence electrons. The molecule has 2 rings (SSSR count). The summed E-state index contributed by atoms with van der Waals surface area (Å²) in [5, 5.41) is 8.24. The van der Waals surface area contributed by atoms with E-state index in [0.717, 1.165) is 10.2 Å². The van der Waals surface area contributed by atoms with Crippen molar-refractivity contribution >= 4 is 45.4 Å². The van der Waals surface area contributed by atoms with Crippen LogP contribution in [-0.4, -0.2) is 53.2 Å². The van der Waals surface area contributed by atoms with Gasteiger partial charge in [-0.1, -0.05) is 27.7 Å². The van der Waals surface area contributed by atoms with E-state index < -0.39 is 0 Å². The van der Waals surface area contributed by atoms with Gasteiger partial charge in [-0.3, -0.25) is 4.79 Å². The number of hydrogen-bond acceptors (Lipinski definition) is 7. The number of rotatable bonds is 9. The Kier molecular flexibility index (Phi) is 7.93. The van der Waals surface area contributed by atoms with Crippen LogP contribution in [-0.2, 0) is 10.5 Å². The smallest absolute Gasteiger partial charge is 0.277 e. The van der Waals surface area contributed by atoms with Crippen molar-refractivity contribution in [3.05, 3.63) is 34.6 Å². The van der Waals surface area contributed by atoms with Crippen molar-refractivity contribution in [1.82, 2.24) is 15.1 Å². The Bertz CT molecular complexity index is 652. The van der Waals surface area contributed by atoms with Crippen molar-refractivity contribution in [2.75, 3.05) is 32.2 Å². The molecule has 9 heteroatoms. The molecule has 0 aliphatic rings. The number of carbonyl (C=O) groups is 1. The van der Waals surface area contributed by atoms with E-state index in [-0.39, 0.29) is 11.7 Å². The summed E-state index contributed by atoms with van der Waals surface area (Å²) in [5.74, 6) is 2.28. The molecule has 1 heterocycles. The van der Waals surface area contributed by atoms with Gasteiger partial charge in [0.15, 0.2) is 0 Å². The number of nitrogens with zero attached hydrogens (tertiary/aromatic N) is 3. The highest BCUT2D eigenvalue weighted by molar-refractivity contribution is 9.10. The second kappa shape index (κ2) is 9.95. The van der Waals surface area contributed by atoms with Crippen LogP contribution in [0.1, 0.15) is 5.89 Å². The van der Waals surface area contributed by atoms with E-state index in [4.69, 9.17) is 9.15 Å². The molecule has 0 radical (unpaired) electrons. The molecule has 0 fully saturated rings. The van der Waals surface area contributed by atoms with E-state index in [1.165, 1.54) is 11.8 Å². The average molecular weight is 432 g/mol. The summed E-state index contributed by atoms with van der Waals surface area (Å²) in [4.78, 5) is 13.7. The average Bonchev–Trinajstić information content (AvgIpc) is 3.02. The Labute approximate surface area is 157 Å². The Morgan fingerprint density at radius 1 is 1.33 bits per heavy atom. The summed E-state index contributed by atoms with van der Waals surface area (Å²) in [7, 11) is 1.75. The summed E-state index contributed by atoms with van der Waals surface area (Å²) in [6.45, 7) is 0.948. The third kappa shape index (κ3) is 6.37. The summed E-state index contributed by atoms with van der Waals surface area (Å²) >= 11 is 6.23. The second-order valence-corrected chi connectivity index (χ2v) is 7.51. The van der Waals surface area contributed by atoms with Gasteiger partial charge >= 0.3 is 0 Å². The number of thioether (sulfide) groups is 2. The van der Waals surface area contributed by atoms with Gasteiger partial charge < -0.3 is 14.1 Å². The zero-order valence-electron chi connectivity index (χ0n) is 13.4. The third-order valence-electron chi connectivity index (χ3n) is 2.97. The van der Waals surface area contributed by atoms with Gasteiger partial charge in [-0.05, 0) is 30.5 Å². The largest absolute Gasteiger partial charge is 0.492 e. The molecule has 0 aliphatic carbocycles. The Morgan fingerprint density at radius 3 is 2.79 bits per heavy atom. The van der Waals surface area contributed by atoms with Gasteiger partial charge in [0, 0.05) is 11.5 Å². The van der Waals surface area contributed by atoms with Crippen molar-refractivity contribution < 1.29 is 13.9 Å². The highest BCUT2D eigenvalue weighted by Crippen LogP contribution is 2.18. The number of aromatic nitrogens is 2. The molecule has 0 saturated carbocycles. The Hall–Kier alpha value is -1.19. The first kappa shape index (κ1) is 19.1. The van der Waals surface area contributed by atoms with Crippen molar-refractivity contribution in [3.63, 3.8) is 0 Å². The normalized spacial score (nSPS) is 10.6. The van der Waals surface area contributed by atoms with Gasteiger partial charge in [0.25, 0.3) is 5.22 Å². The number of halogens is 1. The maximum Gasteiger partial charge on any atom is 0.277 e. The molecular formula is C15H18BrN3O3S2. The quantitative estimate of drug-likeness (QED) is 0.563. The van der Waals surface area contributed by atoms with Gasteiger partial charge in [0.1, 0.15) is 12.4 Å². The minimum atomic E-state index is -0.0102. The zero-order chi connectivity index (χ0) is 17.4. The van der Waals surface area contributed by atoms with Crippen LogP contribution in [0.4, 0.5) is 0 Å². The molecule has 0 saturated heterocycles. The fourth-order valence-electron chi connectivity index (χ4n) is 1.67. The number of likely N-dealkylation sites (N-methyl/N-ethyl adjacent to an activating group) is 1. The summed E-state index contributed by atoms with van der Waals surface area (Å²) in [6, 6.07) is 7.58. The molecule has 0 unspecified atom stereocenters. The van der Waals surface area contributed by atoms with E-state index >= 15 is 0 Å². The van der Waals surface area contributed by atoms with Crippen LogP contribution >= 0.6 is 39.5 Å². The molecule has 1 amide bonds. The Balaban J connectivity index is 1.68. The van der Waals surface area contributed by atoms with Crippen LogP contribution < -0.4 is 4.74 Å². The van der Waals surface area contributed by atoms with Crippen LogP contribution in [0.15, 0.2) is 38.4 Å². The minimum Gasteiger partial charge on any atom is -0.492 e. The molecule has 2 aromatic rings. The first-order valence-corrected chi connectivity index (χ1v) is 10.3. The van der Waals surface area contributed by atoms with Crippen molar-refractivity contribution in [2.24, 2.45) is 0 Å². The number of carbonyl (C=O) groups excluding carboxylic acids is 1. The predicted molar refractivity (Wildman–Crippen MR) is 99.5 cm³/mol. The molecule has 6 nitrogen and oxygen atoms in total. The minimum absolute atomic E-state index is 0.0102. The predicted octanol–water partition coefficient (Wildman–Crippen LogP) is 3.32. The van der Waals surface area contributed by atoms with Gasteiger partial charge in [-0.2, -0.15) is 11.8 Å². The summed E-state index contributed by atoms with van der Waals surface area (Å²) < 4.78 is 12.0. The number of amides is 1. The van der Waals surface area contributed by atoms with E-state index in [1.807, 2.05) is 30.5 Å². The maximum atomic E-state index is 12.1. The number of ether oxygens (including phenoxy) is 1. The van der Waals surface area contributed by atoms with E-state index in [2.05, 4.69) is 26.1 Å². The fourth-order valence-corrected chi connectivity index (χ4v) is 3.02. The highest BCUT2D eigenvalue weighted by atomic mass is 79.9. The maximum absolute atomic E-state index is 12.1. The molecule has 24 heavy (non-hydrogen) atoms. The van der Waals surface area contributed by atoms with Gasteiger partial charge in [-0.15, -0.1) is 10.2 Å². The first-order valence-electron chi connectivity index (χ1n) is 7.15. The lowest BCUT2D eigenvalue weighted by molar-refractivity contribution is -0.127. The number of hydrogen-bond donors (Lipinski definition) is 0. The lowest BCUT2D eigenvalue weighted by Gasteiger charge is -2.16. The molecular weight excluding hydrogens is 414 g/mol. The van der Waals surface area contributed by atoms with Crippen LogP contribution in [0.2, 0.25) is 0 Å². The van der Waals surface area contributed by atoms with E-state index in [9.17, 15) is 4.79 Å². The molecule has 0 spiro atoms. The second-order valence-electron chi connectivity index (χ2n) is 4.80. The van der Waals surface area contributed by atoms with Gasteiger partial charge in [-0.25, -0.2) is 0 Å². The molecule has 1 aromatic heterocycles. The van der Waals surface area contributed by atoms with E-state index in [0.29, 0.717) is 30.0 Å². The summed E-state index contributed by atoms with van der Waals surface area (Å²) in [5.41, 5.74) is 0.